The minimum atomic E-state index is -4.43. The first-order chi connectivity index (χ1) is 14.5. The maximum absolute atomic E-state index is 13.1. The Morgan fingerprint density at radius 2 is 1.90 bits per heavy atom. The first-order valence-electron chi connectivity index (χ1n) is 9.81. The summed E-state index contributed by atoms with van der Waals surface area (Å²) in [5.41, 5.74) is 6.42. The van der Waals surface area contributed by atoms with E-state index in [2.05, 4.69) is 36.0 Å². The third-order valence-corrected chi connectivity index (χ3v) is 5.65. The van der Waals surface area contributed by atoms with Gasteiger partial charge >= 0.3 is 6.18 Å². The molecule has 3 aromatic heterocycles. The Morgan fingerprint density at radius 1 is 1.07 bits per heavy atom. The monoisotopic (exact) mass is 418 g/mol. The molecule has 5 rings (SSSR count). The number of hydrogen-bond donors (Lipinski definition) is 3. The standard InChI is InChI=1S/C19H21F3N8/c20-19(21,22)13-1-2-16-25-9-15(30(16)10-13)18-24-4-3-17(28-18)29-6-5-23-14(11-29)12-7-26-27-8-12/h1-4,9-10,12,14,23,26-27H,5-8,11H2/t14-/m1/s1. The van der Waals surface area contributed by atoms with Crippen LogP contribution >= 0.6 is 0 Å². The quantitative estimate of drug-likeness (QED) is 0.592. The fourth-order valence-corrected chi connectivity index (χ4v) is 4.03. The maximum Gasteiger partial charge on any atom is 0.417 e. The molecule has 2 fully saturated rings. The van der Waals surface area contributed by atoms with Crippen molar-refractivity contribution in [2.24, 2.45) is 5.92 Å². The zero-order chi connectivity index (χ0) is 20.7. The zero-order valence-electron chi connectivity index (χ0n) is 16.0. The molecule has 0 unspecified atom stereocenters. The van der Waals surface area contributed by atoms with Crippen LogP contribution in [-0.2, 0) is 6.18 Å². The number of hydrogen-bond acceptors (Lipinski definition) is 7. The van der Waals surface area contributed by atoms with E-state index in [-0.39, 0.29) is 0 Å². The predicted octanol–water partition coefficient (Wildman–Crippen LogP) is 1.31. The Labute approximate surface area is 170 Å². The molecule has 3 aromatic rings. The summed E-state index contributed by atoms with van der Waals surface area (Å²) in [4.78, 5) is 15.3. The Hall–Kier alpha value is -2.76. The van der Waals surface area contributed by atoms with Crippen molar-refractivity contribution in [1.82, 2.24) is 35.5 Å². The fourth-order valence-electron chi connectivity index (χ4n) is 4.03. The van der Waals surface area contributed by atoms with Crippen LogP contribution in [0.4, 0.5) is 19.0 Å². The van der Waals surface area contributed by atoms with Crippen molar-refractivity contribution >= 4 is 11.5 Å². The second-order valence-corrected chi connectivity index (χ2v) is 7.55. The molecule has 30 heavy (non-hydrogen) atoms. The third-order valence-electron chi connectivity index (χ3n) is 5.65. The van der Waals surface area contributed by atoms with E-state index in [1.165, 1.54) is 16.7 Å². The number of fused-ring (bicyclic) bond motifs is 1. The van der Waals surface area contributed by atoms with Gasteiger partial charge in [0.05, 0.1) is 11.8 Å². The lowest BCUT2D eigenvalue weighted by Gasteiger charge is -2.37. The Bertz CT molecular complexity index is 1040. The van der Waals surface area contributed by atoms with Crippen LogP contribution in [0.5, 0.6) is 0 Å². The molecule has 1 atom stereocenters. The van der Waals surface area contributed by atoms with E-state index in [1.54, 1.807) is 6.20 Å². The molecule has 8 nitrogen and oxygen atoms in total. The highest BCUT2D eigenvalue weighted by molar-refractivity contribution is 5.59. The van der Waals surface area contributed by atoms with E-state index in [9.17, 15) is 13.2 Å². The Morgan fingerprint density at radius 3 is 2.70 bits per heavy atom. The summed E-state index contributed by atoms with van der Waals surface area (Å²) in [7, 11) is 0. The van der Waals surface area contributed by atoms with Gasteiger partial charge in [0.2, 0.25) is 0 Å². The number of halogens is 3. The molecule has 0 spiro atoms. The molecule has 3 N–H and O–H groups in total. The summed E-state index contributed by atoms with van der Waals surface area (Å²) in [6.45, 7) is 4.25. The van der Waals surface area contributed by atoms with Gasteiger partial charge in [-0.05, 0) is 18.2 Å². The van der Waals surface area contributed by atoms with E-state index in [4.69, 9.17) is 0 Å². The largest absolute Gasteiger partial charge is 0.417 e. The molecule has 2 aliphatic heterocycles. The summed E-state index contributed by atoms with van der Waals surface area (Å²) >= 11 is 0. The summed E-state index contributed by atoms with van der Waals surface area (Å²) in [5.74, 6) is 1.58. The number of pyridine rings is 1. The number of anilines is 1. The van der Waals surface area contributed by atoms with Gasteiger partial charge in [-0.2, -0.15) is 13.2 Å². The summed E-state index contributed by atoms with van der Waals surface area (Å²) in [6, 6.07) is 4.53. The predicted molar refractivity (Wildman–Crippen MR) is 105 cm³/mol. The van der Waals surface area contributed by atoms with Crippen LogP contribution in [0.15, 0.2) is 36.8 Å². The van der Waals surface area contributed by atoms with Crippen LogP contribution < -0.4 is 21.1 Å². The Balaban J connectivity index is 1.45. The molecule has 11 heteroatoms. The van der Waals surface area contributed by atoms with Gasteiger partial charge in [0.15, 0.2) is 5.82 Å². The molecular weight excluding hydrogens is 397 g/mol. The molecule has 2 saturated heterocycles. The molecule has 0 amide bonds. The molecule has 0 aliphatic carbocycles. The topological polar surface area (TPSA) is 82.4 Å². The van der Waals surface area contributed by atoms with Crippen molar-refractivity contribution in [3.8, 4) is 11.5 Å². The average molecular weight is 418 g/mol. The van der Waals surface area contributed by atoms with E-state index in [0.29, 0.717) is 29.1 Å². The van der Waals surface area contributed by atoms with E-state index < -0.39 is 11.7 Å². The first kappa shape index (κ1) is 19.2. The second kappa shape index (κ2) is 7.49. The molecule has 158 valence electrons. The van der Waals surface area contributed by atoms with E-state index in [0.717, 1.165) is 50.8 Å². The lowest BCUT2D eigenvalue weighted by Crippen LogP contribution is -2.55. The summed E-state index contributed by atoms with van der Waals surface area (Å²) < 4.78 is 40.8. The highest BCUT2D eigenvalue weighted by Gasteiger charge is 2.32. The van der Waals surface area contributed by atoms with Crippen LogP contribution in [0.3, 0.4) is 0 Å². The van der Waals surface area contributed by atoms with Crippen LogP contribution in [-0.4, -0.2) is 58.1 Å². The van der Waals surface area contributed by atoms with Crippen LogP contribution in [0, 0.1) is 5.92 Å². The number of nitrogens with zero attached hydrogens (tertiary/aromatic N) is 5. The van der Waals surface area contributed by atoms with Gasteiger partial charge in [0, 0.05) is 57.1 Å². The molecule has 0 bridgehead atoms. The number of nitrogens with one attached hydrogen (secondary N) is 3. The third kappa shape index (κ3) is 3.59. The van der Waals surface area contributed by atoms with Crippen LogP contribution in [0.25, 0.3) is 17.2 Å². The number of alkyl halides is 3. The van der Waals surface area contributed by atoms with Gasteiger partial charge in [-0.1, -0.05) is 0 Å². The minimum Gasteiger partial charge on any atom is -0.354 e. The fraction of sp³-hybridized carbons (Fsp3) is 0.421. The average Bonchev–Trinajstić information content (AvgIpc) is 3.43. The number of piperazine rings is 1. The van der Waals surface area contributed by atoms with Gasteiger partial charge < -0.3 is 10.2 Å². The number of imidazole rings is 1. The van der Waals surface area contributed by atoms with Crippen molar-refractivity contribution in [2.75, 3.05) is 37.6 Å². The number of hydrazine groups is 1. The van der Waals surface area contributed by atoms with Crippen LogP contribution in [0.1, 0.15) is 5.56 Å². The molecule has 0 saturated carbocycles. The molecule has 5 heterocycles. The van der Waals surface area contributed by atoms with Crippen LogP contribution in [0.2, 0.25) is 0 Å². The molecular formula is C19H21F3N8. The number of rotatable bonds is 3. The van der Waals surface area contributed by atoms with Crippen molar-refractivity contribution in [1.29, 1.82) is 0 Å². The van der Waals surface area contributed by atoms with Gasteiger partial charge in [-0.15, -0.1) is 0 Å². The Kier molecular flexibility index (Phi) is 4.80. The number of aromatic nitrogens is 4. The van der Waals surface area contributed by atoms with Gasteiger partial charge in [-0.3, -0.25) is 15.3 Å². The van der Waals surface area contributed by atoms with E-state index in [1.807, 2.05) is 6.07 Å². The molecule has 0 radical (unpaired) electrons. The summed E-state index contributed by atoms with van der Waals surface area (Å²) in [5, 5.41) is 3.56. The van der Waals surface area contributed by atoms with Crippen molar-refractivity contribution in [2.45, 2.75) is 12.2 Å². The lowest BCUT2D eigenvalue weighted by atomic mass is 9.99. The minimum absolute atomic E-state index is 0.324. The first-order valence-corrected chi connectivity index (χ1v) is 9.81. The summed E-state index contributed by atoms with van der Waals surface area (Å²) in [6.07, 6.45) is -0.252. The van der Waals surface area contributed by atoms with E-state index >= 15 is 0 Å². The highest BCUT2D eigenvalue weighted by atomic mass is 19.4. The van der Waals surface area contributed by atoms with Crippen molar-refractivity contribution in [3.63, 3.8) is 0 Å². The zero-order valence-corrected chi connectivity index (χ0v) is 16.0. The van der Waals surface area contributed by atoms with Gasteiger partial charge in [0.1, 0.15) is 17.2 Å². The smallest absolute Gasteiger partial charge is 0.354 e. The van der Waals surface area contributed by atoms with Crippen molar-refractivity contribution in [3.05, 3.63) is 42.4 Å². The maximum atomic E-state index is 13.1. The normalized spacial score (nSPS) is 20.9. The molecule has 0 aromatic carbocycles. The van der Waals surface area contributed by atoms with Gasteiger partial charge in [0.25, 0.3) is 0 Å². The second-order valence-electron chi connectivity index (χ2n) is 7.55. The highest BCUT2D eigenvalue weighted by Crippen LogP contribution is 2.30. The SMILES string of the molecule is FC(F)(F)c1ccc2ncc(-c3nccc(N4CCN[C@@H](C5CNNC5)C4)n3)n2c1. The lowest BCUT2D eigenvalue weighted by molar-refractivity contribution is -0.137. The van der Waals surface area contributed by atoms with Crippen molar-refractivity contribution < 1.29 is 13.2 Å². The van der Waals surface area contributed by atoms with Gasteiger partial charge in [-0.25, -0.2) is 15.0 Å². The molecule has 2 aliphatic rings.